The van der Waals surface area contributed by atoms with Crippen LogP contribution in [0.5, 0.6) is 0 Å². The summed E-state index contributed by atoms with van der Waals surface area (Å²) in [7, 11) is 1.39. The number of hydroxylamine groups is 2. The summed E-state index contributed by atoms with van der Waals surface area (Å²) in [4.78, 5) is 17.8. The number of methoxy groups -OCH3 is 1. The fourth-order valence-corrected chi connectivity index (χ4v) is 2.73. The molecule has 4 nitrogen and oxygen atoms in total. The Balaban J connectivity index is 2.94. The maximum Gasteiger partial charge on any atom is 0.339 e. The number of rotatable bonds is 3. The number of carbonyl (C=O) groups is 1. The molecule has 0 N–H and O–H groups in total. The van der Waals surface area contributed by atoms with Gasteiger partial charge in [0.1, 0.15) is 0 Å². The number of carbonyl (C=O) groups excluding carboxylic acids is 1. The Morgan fingerprint density at radius 2 is 1.56 bits per heavy atom. The van der Waals surface area contributed by atoms with Crippen LogP contribution in [0.4, 0.5) is 0 Å². The molecule has 1 heterocycles. The van der Waals surface area contributed by atoms with Gasteiger partial charge in [-0.25, -0.2) is 4.79 Å². The van der Waals surface area contributed by atoms with Crippen LogP contribution < -0.4 is 0 Å². The fourth-order valence-electron chi connectivity index (χ4n) is 2.73. The number of hydrogen-bond acceptors (Lipinski definition) is 4. The lowest BCUT2D eigenvalue weighted by atomic mass is 9.82. The van der Waals surface area contributed by atoms with Crippen LogP contribution in [0, 0.1) is 0 Å². The van der Waals surface area contributed by atoms with Gasteiger partial charge in [0, 0.05) is 11.1 Å². The van der Waals surface area contributed by atoms with Crippen molar-refractivity contribution in [1.29, 1.82) is 0 Å². The number of piperidine rings is 1. The van der Waals surface area contributed by atoms with Gasteiger partial charge in [0.2, 0.25) is 0 Å². The highest BCUT2D eigenvalue weighted by atomic mass is 16.7. The molecule has 1 aliphatic heterocycles. The monoisotopic (exact) mass is 257 g/mol. The molecule has 0 radical (unpaired) electrons. The van der Waals surface area contributed by atoms with Crippen molar-refractivity contribution >= 4 is 5.97 Å². The van der Waals surface area contributed by atoms with Crippen molar-refractivity contribution in [3.8, 4) is 0 Å². The summed E-state index contributed by atoms with van der Waals surface area (Å²) in [6.07, 6.45) is 3.31. The van der Waals surface area contributed by atoms with E-state index in [2.05, 4.69) is 27.7 Å². The summed E-state index contributed by atoms with van der Waals surface area (Å²) in [5.74, 6) is -0.348. The first-order chi connectivity index (χ1) is 8.03. The third-order valence-corrected chi connectivity index (χ3v) is 3.67. The Hall–Kier alpha value is -0.610. The molecule has 1 saturated heterocycles. The van der Waals surface area contributed by atoms with Gasteiger partial charge in [-0.2, -0.15) is 5.06 Å². The van der Waals surface area contributed by atoms with E-state index in [1.165, 1.54) is 13.5 Å². The van der Waals surface area contributed by atoms with Crippen molar-refractivity contribution in [3.05, 3.63) is 0 Å². The summed E-state index contributed by atoms with van der Waals surface area (Å²) in [5, 5.41) is 1.99. The predicted octanol–water partition coefficient (Wildman–Crippen LogP) is 2.91. The first kappa shape index (κ1) is 15.4. The Bertz CT molecular complexity index is 305. The van der Waals surface area contributed by atoms with Crippen molar-refractivity contribution in [2.45, 2.75) is 77.5 Å². The van der Waals surface area contributed by atoms with Crippen LogP contribution in [-0.4, -0.2) is 34.8 Å². The molecule has 0 aromatic carbocycles. The van der Waals surface area contributed by atoms with E-state index in [0.29, 0.717) is 0 Å². The molecule has 0 aliphatic carbocycles. The molecule has 0 unspecified atom stereocenters. The zero-order valence-corrected chi connectivity index (χ0v) is 12.8. The third kappa shape index (κ3) is 3.04. The lowest BCUT2D eigenvalue weighted by Gasteiger charge is -2.53. The molecule has 1 fully saturated rings. The van der Waals surface area contributed by atoms with Gasteiger partial charge in [0.25, 0.3) is 0 Å². The molecule has 0 bridgehead atoms. The van der Waals surface area contributed by atoms with Crippen molar-refractivity contribution in [2.75, 3.05) is 7.11 Å². The van der Waals surface area contributed by atoms with E-state index < -0.39 is 5.60 Å². The molecular weight excluding hydrogens is 230 g/mol. The molecule has 18 heavy (non-hydrogen) atoms. The highest BCUT2D eigenvalue weighted by molar-refractivity contribution is 5.78. The Kier molecular flexibility index (Phi) is 4.13. The number of nitrogens with zero attached hydrogens (tertiary/aromatic N) is 1. The average Bonchev–Trinajstić information content (AvgIpc) is 2.22. The van der Waals surface area contributed by atoms with E-state index in [0.717, 1.165) is 12.8 Å². The quantitative estimate of drug-likeness (QED) is 0.729. The molecular formula is C14H27NO3. The van der Waals surface area contributed by atoms with Gasteiger partial charge in [-0.3, -0.25) is 4.84 Å². The van der Waals surface area contributed by atoms with Crippen molar-refractivity contribution < 1.29 is 14.4 Å². The van der Waals surface area contributed by atoms with Crippen molar-refractivity contribution in [3.63, 3.8) is 0 Å². The van der Waals surface area contributed by atoms with Crippen LogP contribution in [0.2, 0.25) is 0 Å². The topological polar surface area (TPSA) is 38.8 Å². The minimum absolute atomic E-state index is 0.0763. The molecule has 0 spiro atoms. The molecule has 0 aromatic heterocycles. The Morgan fingerprint density at radius 3 is 1.94 bits per heavy atom. The van der Waals surface area contributed by atoms with Gasteiger partial charge in [-0.1, -0.05) is 0 Å². The van der Waals surface area contributed by atoms with Crippen LogP contribution in [-0.2, 0) is 14.4 Å². The molecule has 0 aromatic rings. The number of ether oxygens (including phenoxy) is 1. The predicted molar refractivity (Wildman–Crippen MR) is 71.0 cm³/mol. The van der Waals surface area contributed by atoms with Crippen LogP contribution in [0.3, 0.4) is 0 Å². The van der Waals surface area contributed by atoms with E-state index in [4.69, 9.17) is 9.57 Å². The number of esters is 1. The summed E-state index contributed by atoms with van der Waals surface area (Å²) < 4.78 is 4.80. The van der Waals surface area contributed by atoms with Gasteiger partial charge in [0.15, 0.2) is 5.60 Å². The average molecular weight is 257 g/mol. The standard InChI is InChI=1S/C14H27NO3/c1-12(2)9-8-10-13(3,4)15(12)18-14(5,6)11(16)17-7/h8-10H2,1-7H3. The highest BCUT2D eigenvalue weighted by Gasteiger charge is 2.46. The summed E-state index contributed by atoms with van der Waals surface area (Å²) >= 11 is 0. The van der Waals surface area contributed by atoms with Crippen LogP contribution in [0.1, 0.15) is 60.8 Å². The second-order valence-electron chi connectivity index (χ2n) is 6.87. The summed E-state index contributed by atoms with van der Waals surface area (Å²) in [6.45, 7) is 12.1. The van der Waals surface area contributed by atoms with Gasteiger partial charge < -0.3 is 4.74 Å². The van der Waals surface area contributed by atoms with Gasteiger partial charge in [0.05, 0.1) is 7.11 Å². The van der Waals surface area contributed by atoms with E-state index in [1.807, 2.05) is 5.06 Å². The first-order valence-electron chi connectivity index (χ1n) is 6.61. The van der Waals surface area contributed by atoms with Crippen LogP contribution >= 0.6 is 0 Å². The largest absolute Gasteiger partial charge is 0.467 e. The molecule has 1 aliphatic rings. The second kappa shape index (κ2) is 4.82. The second-order valence-corrected chi connectivity index (χ2v) is 6.87. The van der Waals surface area contributed by atoms with Crippen molar-refractivity contribution in [2.24, 2.45) is 0 Å². The van der Waals surface area contributed by atoms with E-state index in [-0.39, 0.29) is 17.0 Å². The number of hydrogen-bond donors (Lipinski definition) is 0. The zero-order chi connectivity index (χ0) is 14.2. The minimum Gasteiger partial charge on any atom is -0.467 e. The Morgan fingerprint density at radius 1 is 1.11 bits per heavy atom. The van der Waals surface area contributed by atoms with E-state index in [9.17, 15) is 4.79 Å². The van der Waals surface area contributed by atoms with Crippen molar-refractivity contribution in [1.82, 2.24) is 5.06 Å². The molecule has 4 heteroatoms. The minimum atomic E-state index is -0.958. The first-order valence-corrected chi connectivity index (χ1v) is 6.61. The van der Waals surface area contributed by atoms with E-state index >= 15 is 0 Å². The summed E-state index contributed by atoms with van der Waals surface area (Å²) in [6, 6.07) is 0. The van der Waals surface area contributed by atoms with Gasteiger partial charge in [-0.05, 0) is 60.8 Å². The molecule has 0 amide bonds. The molecule has 1 rings (SSSR count). The molecule has 0 atom stereocenters. The zero-order valence-electron chi connectivity index (χ0n) is 12.8. The maximum atomic E-state index is 11.8. The smallest absolute Gasteiger partial charge is 0.339 e. The normalized spacial score (nSPS) is 23.7. The fraction of sp³-hybridized carbons (Fsp3) is 0.929. The maximum absolute atomic E-state index is 11.8. The summed E-state index contributed by atoms with van der Waals surface area (Å²) in [5.41, 5.74) is -1.11. The Labute approximate surface area is 111 Å². The lowest BCUT2D eigenvalue weighted by molar-refractivity contribution is -0.324. The highest BCUT2D eigenvalue weighted by Crippen LogP contribution is 2.40. The lowest BCUT2D eigenvalue weighted by Crippen LogP contribution is -2.61. The SMILES string of the molecule is COC(=O)C(C)(C)ON1C(C)(C)CCCC1(C)C. The molecule has 0 saturated carbocycles. The van der Waals surface area contributed by atoms with Gasteiger partial charge in [-0.15, -0.1) is 0 Å². The molecule has 106 valence electrons. The third-order valence-electron chi connectivity index (χ3n) is 3.67. The van der Waals surface area contributed by atoms with Gasteiger partial charge >= 0.3 is 5.97 Å². The van der Waals surface area contributed by atoms with E-state index in [1.54, 1.807) is 13.8 Å². The van der Waals surface area contributed by atoms with Crippen LogP contribution in [0.25, 0.3) is 0 Å². The van der Waals surface area contributed by atoms with Crippen LogP contribution in [0.15, 0.2) is 0 Å².